The lowest BCUT2D eigenvalue weighted by molar-refractivity contribution is -0.308. The molecule has 3 aliphatic heterocycles. The van der Waals surface area contributed by atoms with Gasteiger partial charge in [0.1, 0.15) is 0 Å². The van der Waals surface area contributed by atoms with Crippen molar-refractivity contribution < 1.29 is 40.6 Å². The van der Waals surface area contributed by atoms with Gasteiger partial charge < -0.3 is 19.3 Å². The van der Waals surface area contributed by atoms with Crippen LogP contribution in [0.4, 0.5) is 36.8 Å². The summed E-state index contributed by atoms with van der Waals surface area (Å²) >= 11 is 6.50. The first-order valence-corrected chi connectivity index (χ1v) is 11.2. The molecule has 2 atom stereocenters. The molecule has 34 heavy (non-hydrogen) atoms. The summed E-state index contributed by atoms with van der Waals surface area (Å²) in [6.07, 6.45) is -17.2. The predicted molar refractivity (Wildman–Crippen MR) is 111 cm³/mol. The van der Waals surface area contributed by atoms with Gasteiger partial charge in [-0.3, -0.25) is 4.90 Å². The summed E-state index contributed by atoms with van der Waals surface area (Å²) in [4.78, 5) is 17.3. The van der Waals surface area contributed by atoms with Crippen LogP contribution in [0.2, 0.25) is 5.02 Å². The Hall–Kier alpha value is -1.92. The van der Waals surface area contributed by atoms with Gasteiger partial charge in [-0.25, -0.2) is 4.79 Å². The highest BCUT2D eigenvalue weighted by atomic mass is 35.5. The summed E-state index contributed by atoms with van der Waals surface area (Å²) in [5.41, 5.74) is 1.94. The lowest BCUT2D eigenvalue weighted by Crippen LogP contribution is -2.48. The number of hydrogen-bond acceptors (Lipinski definition) is 5. The molecule has 1 aromatic carbocycles. The van der Waals surface area contributed by atoms with Crippen LogP contribution in [0.15, 0.2) is 18.2 Å². The summed E-state index contributed by atoms with van der Waals surface area (Å²) in [6.45, 7) is 4.66. The van der Waals surface area contributed by atoms with E-state index in [2.05, 4.69) is 14.5 Å². The number of halogens is 7. The molecule has 190 valence electrons. The second-order valence-corrected chi connectivity index (χ2v) is 9.25. The summed E-state index contributed by atoms with van der Waals surface area (Å²) in [7, 11) is 0. The van der Waals surface area contributed by atoms with Gasteiger partial charge in [0.2, 0.25) is 0 Å². The minimum absolute atomic E-state index is 0.0478. The Balaban J connectivity index is 1.30. The van der Waals surface area contributed by atoms with Crippen LogP contribution in [0.3, 0.4) is 0 Å². The Morgan fingerprint density at radius 1 is 1.03 bits per heavy atom. The fourth-order valence-corrected chi connectivity index (χ4v) is 5.02. The molecule has 3 aliphatic rings. The van der Waals surface area contributed by atoms with Gasteiger partial charge in [-0.2, -0.15) is 26.3 Å². The number of morpholine rings is 1. The van der Waals surface area contributed by atoms with Crippen molar-refractivity contribution in [2.24, 2.45) is 11.8 Å². The van der Waals surface area contributed by atoms with Gasteiger partial charge in [0.15, 0.2) is 0 Å². The Bertz CT molecular complexity index is 865. The van der Waals surface area contributed by atoms with Crippen LogP contribution in [0.1, 0.15) is 5.56 Å². The average Bonchev–Trinajstić information content (AvgIpc) is 3.31. The van der Waals surface area contributed by atoms with Crippen LogP contribution >= 0.6 is 11.6 Å². The average molecular weight is 516 g/mol. The van der Waals surface area contributed by atoms with Gasteiger partial charge in [-0.1, -0.05) is 17.7 Å². The van der Waals surface area contributed by atoms with Gasteiger partial charge in [-0.05, 0) is 29.5 Å². The molecule has 6 nitrogen and oxygen atoms in total. The molecular formula is C21H24ClF6N3O3. The predicted octanol–water partition coefficient (Wildman–Crippen LogP) is 4.17. The zero-order chi connectivity index (χ0) is 24.7. The fraction of sp³-hybridized carbons (Fsp3) is 0.667. The van der Waals surface area contributed by atoms with Gasteiger partial charge in [0, 0.05) is 56.5 Å². The molecule has 3 heterocycles. The second-order valence-electron chi connectivity index (χ2n) is 8.84. The minimum Gasteiger partial charge on any atom is -0.426 e. The maximum Gasteiger partial charge on any atom is 0.434 e. The largest absolute Gasteiger partial charge is 0.434 e. The van der Waals surface area contributed by atoms with Crippen molar-refractivity contribution in [2.45, 2.75) is 25.0 Å². The molecular weight excluding hydrogens is 492 g/mol. The number of hydrogen-bond donors (Lipinski definition) is 0. The van der Waals surface area contributed by atoms with Gasteiger partial charge in [0.05, 0.1) is 13.2 Å². The Morgan fingerprint density at radius 3 is 2.15 bits per heavy atom. The third kappa shape index (κ3) is 5.65. The number of rotatable bonds is 4. The maximum absolute atomic E-state index is 12.7. The molecule has 3 fully saturated rings. The van der Waals surface area contributed by atoms with Crippen molar-refractivity contribution in [1.82, 2.24) is 9.80 Å². The first kappa shape index (κ1) is 25.2. The second kappa shape index (κ2) is 9.62. The molecule has 0 saturated carbocycles. The maximum atomic E-state index is 12.7. The van der Waals surface area contributed by atoms with E-state index in [9.17, 15) is 31.1 Å². The SMILES string of the molecule is O=C(OC(C(F)(F)F)C(F)(F)F)N1CC2CN(Cc3ccc(N4CCOCC4)cc3Cl)CC2C1. The van der Waals surface area contributed by atoms with Crippen LogP contribution in [0.25, 0.3) is 0 Å². The topological polar surface area (TPSA) is 45.2 Å². The molecule has 3 saturated heterocycles. The number of nitrogens with zero attached hydrogens (tertiary/aromatic N) is 3. The third-order valence-electron chi connectivity index (χ3n) is 6.44. The summed E-state index contributed by atoms with van der Waals surface area (Å²) < 4.78 is 85.2. The lowest BCUT2D eigenvalue weighted by Gasteiger charge is -2.29. The first-order chi connectivity index (χ1) is 15.9. The van der Waals surface area contributed by atoms with E-state index < -0.39 is 24.5 Å². The number of alkyl halides is 6. The Labute approximate surface area is 197 Å². The molecule has 0 N–H and O–H groups in total. The van der Waals surface area contributed by atoms with Crippen molar-refractivity contribution in [1.29, 1.82) is 0 Å². The van der Waals surface area contributed by atoms with Gasteiger partial charge >= 0.3 is 18.4 Å². The molecule has 13 heteroatoms. The zero-order valence-corrected chi connectivity index (χ0v) is 18.8. The number of amides is 1. The molecule has 1 amide bonds. The van der Waals surface area contributed by atoms with E-state index in [0.29, 0.717) is 37.9 Å². The van der Waals surface area contributed by atoms with Crippen LogP contribution in [0, 0.1) is 11.8 Å². The minimum atomic E-state index is -5.73. The monoisotopic (exact) mass is 515 g/mol. The molecule has 0 bridgehead atoms. The van der Waals surface area contributed by atoms with E-state index in [1.54, 1.807) is 0 Å². The van der Waals surface area contributed by atoms with E-state index in [0.717, 1.165) is 29.2 Å². The van der Waals surface area contributed by atoms with Gasteiger partial charge in [0.25, 0.3) is 6.10 Å². The normalized spacial score (nSPS) is 24.1. The van der Waals surface area contributed by atoms with Crippen LogP contribution in [0.5, 0.6) is 0 Å². The van der Waals surface area contributed by atoms with Crippen LogP contribution < -0.4 is 4.90 Å². The first-order valence-electron chi connectivity index (χ1n) is 10.8. The summed E-state index contributed by atoms with van der Waals surface area (Å²) in [6, 6.07) is 5.87. The Kier molecular flexibility index (Phi) is 7.12. The van der Waals surface area contributed by atoms with Crippen molar-refractivity contribution in [3.63, 3.8) is 0 Å². The number of benzene rings is 1. The highest BCUT2D eigenvalue weighted by Crippen LogP contribution is 2.38. The zero-order valence-electron chi connectivity index (χ0n) is 18.0. The van der Waals surface area contributed by atoms with Crippen LogP contribution in [-0.2, 0) is 16.0 Å². The molecule has 4 rings (SSSR count). The fourth-order valence-electron chi connectivity index (χ4n) is 4.79. The van der Waals surface area contributed by atoms with Gasteiger partial charge in [-0.15, -0.1) is 0 Å². The van der Waals surface area contributed by atoms with E-state index in [1.165, 1.54) is 0 Å². The number of anilines is 1. The van der Waals surface area contributed by atoms with Crippen molar-refractivity contribution in [3.05, 3.63) is 28.8 Å². The number of carbonyl (C=O) groups excluding carboxylic acids is 1. The molecule has 0 aromatic heterocycles. The van der Waals surface area contributed by atoms with E-state index >= 15 is 0 Å². The van der Waals surface area contributed by atoms with E-state index in [4.69, 9.17) is 16.3 Å². The van der Waals surface area contributed by atoms with Crippen molar-refractivity contribution in [3.8, 4) is 0 Å². The molecule has 0 spiro atoms. The number of carbonyl (C=O) groups is 1. The van der Waals surface area contributed by atoms with E-state index in [1.807, 2.05) is 18.2 Å². The third-order valence-corrected chi connectivity index (χ3v) is 6.79. The number of ether oxygens (including phenoxy) is 2. The smallest absolute Gasteiger partial charge is 0.426 e. The number of fused-ring (bicyclic) bond motifs is 1. The van der Waals surface area contributed by atoms with Crippen molar-refractivity contribution in [2.75, 3.05) is 57.4 Å². The highest BCUT2D eigenvalue weighted by Gasteiger charge is 2.60. The van der Waals surface area contributed by atoms with Crippen molar-refractivity contribution >= 4 is 23.4 Å². The lowest BCUT2D eigenvalue weighted by atomic mass is 10.0. The van der Waals surface area contributed by atoms with E-state index in [-0.39, 0.29) is 24.9 Å². The molecule has 0 radical (unpaired) electrons. The molecule has 2 unspecified atom stereocenters. The quantitative estimate of drug-likeness (QED) is 0.563. The standard InChI is InChI=1S/C21H24ClF6N3O3/c22-17-7-16(30-3-5-33-6-4-30)2-1-13(17)8-29-9-14-11-31(12-15(14)10-29)19(32)34-18(20(23,24)25)21(26,27)28/h1-2,7,14-15,18H,3-6,8-12H2. The summed E-state index contributed by atoms with van der Waals surface area (Å²) in [5.74, 6) is -0.122. The Morgan fingerprint density at radius 2 is 1.62 bits per heavy atom. The summed E-state index contributed by atoms with van der Waals surface area (Å²) in [5, 5.41) is 0.622. The van der Waals surface area contributed by atoms with Crippen LogP contribution in [-0.4, -0.2) is 86.8 Å². The molecule has 1 aromatic rings. The highest BCUT2D eigenvalue weighted by molar-refractivity contribution is 6.31. The molecule has 0 aliphatic carbocycles. The number of likely N-dealkylation sites (tertiary alicyclic amines) is 2.